The quantitative estimate of drug-likeness (QED) is 0.843. The normalized spacial score (nSPS) is 14.7. The van der Waals surface area contributed by atoms with Gasteiger partial charge >= 0.3 is 0 Å². The first-order chi connectivity index (χ1) is 10.3. The van der Waals surface area contributed by atoms with E-state index in [9.17, 15) is 0 Å². The molecule has 2 aromatic rings. The largest absolute Gasteiger partial charge is 0.489 e. The highest BCUT2D eigenvalue weighted by Gasteiger charge is 2.12. The molecule has 4 heteroatoms. The molecule has 0 atom stereocenters. The van der Waals surface area contributed by atoms with Crippen LogP contribution in [0.4, 0.5) is 5.69 Å². The second-order valence-electron chi connectivity index (χ2n) is 5.57. The molecule has 0 bridgehead atoms. The van der Waals surface area contributed by atoms with Crippen LogP contribution in [0.15, 0.2) is 30.5 Å². The molecule has 0 radical (unpaired) electrons. The molecule has 1 fully saturated rings. The Labute approximate surface area is 126 Å². The van der Waals surface area contributed by atoms with Crippen LogP contribution in [0.5, 0.6) is 5.75 Å². The van der Waals surface area contributed by atoms with Crippen molar-refractivity contribution < 1.29 is 4.74 Å². The van der Waals surface area contributed by atoms with E-state index in [0.29, 0.717) is 6.61 Å². The van der Waals surface area contributed by atoms with Gasteiger partial charge in [0.25, 0.3) is 0 Å². The van der Waals surface area contributed by atoms with Gasteiger partial charge in [-0.3, -0.25) is 4.68 Å². The van der Waals surface area contributed by atoms with Gasteiger partial charge in [0, 0.05) is 37.1 Å². The Morgan fingerprint density at radius 2 is 1.86 bits per heavy atom. The Bertz CT molecular complexity index is 583. The van der Waals surface area contributed by atoms with Crippen molar-refractivity contribution in [2.75, 3.05) is 18.0 Å². The number of hydrogen-bond acceptors (Lipinski definition) is 3. The molecule has 0 N–H and O–H groups in total. The van der Waals surface area contributed by atoms with Crippen molar-refractivity contribution in [1.29, 1.82) is 0 Å². The van der Waals surface area contributed by atoms with E-state index in [4.69, 9.17) is 4.74 Å². The topological polar surface area (TPSA) is 30.3 Å². The van der Waals surface area contributed by atoms with Gasteiger partial charge in [-0.2, -0.15) is 5.10 Å². The molecule has 4 nitrogen and oxygen atoms in total. The second kappa shape index (κ2) is 6.20. The summed E-state index contributed by atoms with van der Waals surface area (Å²) in [5.41, 5.74) is 3.50. The molecular weight excluding hydrogens is 262 g/mol. The fraction of sp³-hybridized carbons (Fsp3) is 0.471. The van der Waals surface area contributed by atoms with Gasteiger partial charge in [-0.25, -0.2) is 0 Å². The molecule has 0 amide bonds. The Morgan fingerprint density at radius 1 is 1.14 bits per heavy atom. The SMILES string of the molecule is CCn1cc(COc2ccc(N3CCCC3)cc2)c(C)n1. The highest BCUT2D eigenvalue weighted by atomic mass is 16.5. The summed E-state index contributed by atoms with van der Waals surface area (Å²) in [5.74, 6) is 0.918. The molecule has 1 aliphatic rings. The third-order valence-electron chi connectivity index (χ3n) is 4.07. The molecule has 112 valence electrons. The van der Waals surface area contributed by atoms with E-state index in [1.54, 1.807) is 0 Å². The van der Waals surface area contributed by atoms with Crippen LogP contribution >= 0.6 is 0 Å². The average molecular weight is 285 g/mol. The lowest BCUT2D eigenvalue weighted by Crippen LogP contribution is -2.17. The molecule has 3 rings (SSSR count). The maximum absolute atomic E-state index is 5.88. The Hall–Kier alpha value is -1.97. The molecule has 1 aliphatic heterocycles. The van der Waals surface area contributed by atoms with Crippen molar-refractivity contribution in [2.24, 2.45) is 0 Å². The minimum Gasteiger partial charge on any atom is -0.489 e. The Morgan fingerprint density at radius 3 is 2.48 bits per heavy atom. The lowest BCUT2D eigenvalue weighted by Gasteiger charge is -2.17. The van der Waals surface area contributed by atoms with E-state index < -0.39 is 0 Å². The number of benzene rings is 1. The standard InChI is InChI=1S/C17H23N3O/c1-3-20-12-15(14(2)18-20)13-21-17-8-6-16(7-9-17)19-10-4-5-11-19/h6-9,12H,3-5,10-11,13H2,1-2H3. The van der Waals surface area contributed by atoms with Gasteiger partial charge in [0.1, 0.15) is 12.4 Å². The van der Waals surface area contributed by atoms with Gasteiger partial charge in [-0.1, -0.05) is 0 Å². The molecular formula is C17H23N3O. The molecule has 1 aromatic carbocycles. The zero-order valence-electron chi connectivity index (χ0n) is 12.9. The van der Waals surface area contributed by atoms with Gasteiger partial charge < -0.3 is 9.64 Å². The second-order valence-corrected chi connectivity index (χ2v) is 5.57. The maximum Gasteiger partial charge on any atom is 0.119 e. The predicted molar refractivity (Wildman–Crippen MR) is 84.9 cm³/mol. The molecule has 1 aromatic heterocycles. The van der Waals surface area contributed by atoms with Crippen LogP contribution in [-0.4, -0.2) is 22.9 Å². The number of aromatic nitrogens is 2. The number of rotatable bonds is 5. The van der Waals surface area contributed by atoms with Crippen LogP contribution in [0.3, 0.4) is 0 Å². The summed E-state index contributed by atoms with van der Waals surface area (Å²) in [6.07, 6.45) is 4.67. The molecule has 0 aliphatic carbocycles. The van der Waals surface area contributed by atoms with Crippen molar-refractivity contribution in [1.82, 2.24) is 9.78 Å². The van der Waals surface area contributed by atoms with E-state index >= 15 is 0 Å². The minimum atomic E-state index is 0.578. The van der Waals surface area contributed by atoms with Crippen LogP contribution in [0.2, 0.25) is 0 Å². The summed E-state index contributed by atoms with van der Waals surface area (Å²) in [5, 5.41) is 4.44. The molecule has 2 heterocycles. The summed E-state index contributed by atoms with van der Waals surface area (Å²) in [6.45, 7) is 7.95. The lowest BCUT2D eigenvalue weighted by atomic mass is 10.2. The van der Waals surface area contributed by atoms with Gasteiger partial charge in [-0.05, 0) is 51.0 Å². The van der Waals surface area contributed by atoms with Crippen LogP contribution in [0, 0.1) is 6.92 Å². The summed E-state index contributed by atoms with van der Waals surface area (Å²) in [4.78, 5) is 2.43. The Balaban J connectivity index is 1.61. The molecule has 0 unspecified atom stereocenters. The first kappa shape index (κ1) is 14.0. The number of ether oxygens (including phenoxy) is 1. The first-order valence-corrected chi connectivity index (χ1v) is 7.77. The minimum absolute atomic E-state index is 0.578. The number of nitrogens with zero attached hydrogens (tertiary/aromatic N) is 3. The van der Waals surface area contributed by atoms with Crippen LogP contribution < -0.4 is 9.64 Å². The Kier molecular flexibility index (Phi) is 4.13. The van der Waals surface area contributed by atoms with E-state index in [-0.39, 0.29) is 0 Å². The third kappa shape index (κ3) is 3.20. The van der Waals surface area contributed by atoms with Crippen molar-refractivity contribution in [3.63, 3.8) is 0 Å². The smallest absolute Gasteiger partial charge is 0.119 e. The van der Waals surface area contributed by atoms with E-state index in [1.165, 1.54) is 31.6 Å². The molecule has 0 saturated carbocycles. The number of anilines is 1. The van der Waals surface area contributed by atoms with Crippen molar-refractivity contribution in [3.05, 3.63) is 41.7 Å². The monoisotopic (exact) mass is 285 g/mol. The maximum atomic E-state index is 5.88. The van der Waals surface area contributed by atoms with Crippen LogP contribution in [0.1, 0.15) is 31.0 Å². The van der Waals surface area contributed by atoms with Crippen LogP contribution in [0.25, 0.3) is 0 Å². The fourth-order valence-corrected chi connectivity index (χ4v) is 2.75. The van der Waals surface area contributed by atoms with Gasteiger partial charge in [0.05, 0.1) is 5.69 Å². The lowest BCUT2D eigenvalue weighted by molar-refractivity contribution is 0.305. The van der Waals surface area contributed by atoms with Gasteiger partial charge in [0.15, 0.2) is 0 Å². The average Bonchev–Trinajstić information content (AvgIpc) is 3.15. The third-order valence-corrected chi connectivity index (χ3v) is 4.07. The predicted octanol–water partition coefficient (Wildman–Crippen LogP) is 3.39. The number of hydrogen-bond donors (Lipinski definition) is 0. The molecule has 1 saturated heterocycles. The van der Waals surface area contributed by atoms with E-state index in [1.807, 2.05) is 11.6 Å². The van der Waals surface area contributed by atoms with Gasteiger partial charge in [-0.15, -0.1) is 0 Å². The van der Waals surface area contributed by atoms with Crippen LogP contribution in [-0.2, 0) is 13.2 Å². The van der Waals surface area contributed by atoms with E-state index in [0.717, 1.165) is 23.6 Å². The first-order valence-electron chi connectivity index (χ1n) is 7.77. The van der Waals surface area contributed by atoms with Crippen molar-refractivity contribution >= 4 is 5.69 Å². The zero-order chi connectivity index (χ0) is 14.7. The summed E-state index contributed by atoms with van der Waals surface area (Å²) >= 11 is 0. The van der Waals surface area contributed by atoms with E-state index in [2.05, 4.69) is 47.4 Å². The summed E-state index contributed by atoms with van der Waals surface area (Å²) < 4.78 is 7.83. The fourth-order valence-electron chi connectivity index (χ4n) is 2.75. The van der Waals surface area contributed by atoms with Crippen molar-refractivity contribution in [2.45, 2.75) is 39.8 Å². The molecule has 0 spiro atoms. The van der Waals surface area contributed by atoms with Crippen molar-refractivity contribution in [3.8, 4) is 5.75 Å². The highest BCUT2D eigenvalue weighted by Crippen LogP contribution is 2.23. The number of aryl methyl sites for hydroxylation is 2. The zero-order valence-corrected chi connectivity index (χ0v) is 12.9. The molecule has 21 heavy (non-hydrogen) atoms. The van der Waals surface area contributed by atoms with Gasteiger partial charge in [0.2, 0.25) is 0 Å². The highest BCUT2D eigenvalue weighted by molar-refractivity contribution is 5.49. The summed E-state index contributed by atoms with van der Waals surface area (Å²) in [6, 6.07) is 8.44. The summed E-state index contributed by atoms with van der Waals surface area (Å²) in [7, 11) is 0.